The summed E-state index contributed by atoms with van der Waals surface area (Å²) < 4.78 is 32.7. The fourth-order valence-electron chi connectivity index (χ4n) is 3.42. The Bertz CT molecular complexity index is 1390. The van der Waals surface area contributed by atoms with E-state index in [-0.39, 0.29) is 28.8 Å². The van der Waals surface area contributed by atoms with Gasteiger partial charge in [0.2, 0.25) is 10.0 Å². The molecule has 0 bridgehead atoms. The molecule has 4 rings (SSSR count). The van der Waals surface area contributed by atoms with Crippen molar-refractivity contribution in [2.75, 3.05) is 19.0 Å². The van der Waals surface area contributed by atoms with E-state index >= 15 is 0 Å². The van der Waals surface area contributed by atoms with Crippen LogP contribution in [-0.2, 0) is 10.0 Å². The van der Waals surface area contributed by atoms with Gasteiger partial charge in [0.25, 0.3) is 5.91 Å². The molecule has 8 nitrogen and oxygen atoms in total. The van der Waals surface area contributed by atoms with Crippen LogP contribution in [0.25, 0.3) is 22.0 Å². The van der Waals surface area contributed by atoms with Gasteiger partial charge in [0.15, 0.2) is 0 Å². The van der Waals surface area contributed by atoms with Crippen molar-refractivity contribution >= 4 is 32.4 Å². The van der Waals surface area contributed by atoms with Crippen LogP contribution >= 0.6 is 0 Å². The summed E-state index contributed by atoms with van der Waals surface area (Å²) in [4.78, 5) is 12.8. The number of hydrogen-bond acceptors (Lipinski definition) is 5. The molecular formula is C23H22N4O4S. The first-order valence-electron chi connectivity index (χ1n) is 9.95. The fourth-order valence-corrected chi connectivity index (χ4v) is 4.66. The van der Waals surface area contributed by atoms with Crippen molar-refractivity contribution in [3.8, 4) is 17.0 Å². The third kappa shape index (κ3) is 4.20. The van der Waals surface area contributed by atoms with Crippen molar-refractivity contribution in [1.29, 1.82) is 0 Å². The number of amides is 1. The van der Waals surface area contributed by atoms with Gasteiger partial charge >= 0.3 is 0 Å². The van der Waals surface area contributed by atoms with Gasteiger partial charge in [-0.2, -0.15) is 5.10 Å². The third-order valence-corrected chi connectivity index (χ3v) is 6.51. The van der Waals surface area contributed by atoms with E-state index in [0.717, 1.165) is 10.8 Å². The maximum absolute atomic E-state index is 12.8. The maximum atomic E-state index is 12.8. The molecule has 0 aliphatic heterocycles. The lowest BCUT2D eigenvalue weighted by molar-refractivity contribution is 0.102. The number of fused-ring (bicyclic) bond motifs is 1. The zero-order valence-electron chi connectivity index (χ0n) is 17.5. The highest BCUT2D eigenvalue weighted by molar-refractivity contribution is 7.89. The molecule has 0 atom stereocenters. The summed E-state index contributed by atoms with van der Waals surface area (Å²) in [7, 11) is -2.34. The second-order valence-corrected chi connectivity index (χ2v) is 8.75. The molecule has 1 aromatic heterocycles. The lowest BCUT2D eigenvalue weighted by Crippen LogP contribution is -2.23. The van der Waals surface area contributed by atoms with Gasteiger partial charge < -0.3 is 10.1 Å². The molecule has 0 radical (unpaired) electrons. The summed E-state index contributed by atoms with van der Waals surface area (Å²) in [6, 6.07) is 19.7. The monoisotopic (exact) mass is 450 g/mol. The Balaban J connectivity index is 1.63. The number of aromatic nitrogens is 2. The largest absolute Gasteiger partial charge is 0.495 e. The zero-order chi connectivity index (χ0) is 22.7. The SMILES string of the molecule is CCNS(=O)(=O)c1cc(-c2cc(C(=O)Nc3cccc4ccccc34)[nH]n2)ccc1OC. The highest BCUT2D eigenvalue weighted by atomic mass is 32.2. The first kappa shape index (κ1) is 21.5. The van der Waals surface area contributed by atoms with Crippen LogP contribution < -0.4 is 14.8 Å². The highest BCUT2D eigenvalue weighted by Gasteiger charge is 2.21. The molecule has 0 fully saturated rings. The quantitative estimate of drug-likeness (QED) is 0.396. The molecule has 0 saturated carbocycles. The molecule has 164 valence electrons. The number of nitrogens with zero attached hydrogens (tertiary/aromatic N) is 1. The third-order valence-electron chi connectivity index (χ3n) is 4.94. The number of anilines is 1. The Morgan fingerprint density at radius 1 is 1.06 bits per heavy atom. The molecule has 3 N–H and O–H groups in total. The normalized spacial score (nSPS) is 11.4. The van der Waals surface area contributed by atoms with E-state index in [1.54, 1.807) is 25.1 Å². The van der Waals surface area contributed by atoms with Crippen LogP contribution in [-0.4, -0.2) is 38.2 Å². The number of ether oxygens (including phenoxy) is 1. The molecule has 0 spiro atoms. The minimum absolute atomic E-state index is 0.00380. The van der Waals surface area contributed by atoms with E-state index in [1.165, 1.54) is 13.2 Å². The smallest absolute Gasteiger partial charge is 0.273 e. The van der Waals surface area contributed by atoms with E-state index in [0.29, 0.717) is 16.9 Å². The van der Waals surface area contributed by atoms with E-state index in [2.05, 4.69) is 20.2 Å². The van der Waals surface area contributed by atoms with Crippen molar-refractivity contribution < 1.29 is 17.9 Å². The van der Waals surface area contributed by atoms with Gasteiger partial charge in [-0.1, -0.05) is 43.3 Å². The van der Waals surface area contributed by atoms with Crippen LogP contribution in [0.1, 0.15) is 17.4 Å². The van der Waals surface area contributed by atoms with E-state index in [9.17, 15) is 13.2 Å². The minimum atomic E-state index is -3.75. The number of methoxy groups -OCH3 is 1. The Morgan fingerprint density at radius 2 is 1.84 bits per heavy atom. The van der Waals surface area contributed by atoms with Gasteiger partial charge in [-0.15, -0.1) is 0 Å². The van der Waals surface area contributed by atoms with Crippen LogP contribution in [0.15, 0.2) is 71.6 Å². The van der Waals surface area contributed by atoms with Gasteiger partial charge in [0.05, 0.1) is 12.8 Å². The number of benzene rings is 3. The lowest BCUT2D eigenvalue weighted by atomic mass is 10.1. The molecule has 0 saturated heterocycles. The van der Waals surface area contributed by atoms with Gasteiger partial charge in [-0.25, -0.2) is 13.1 Å². The molecule has 4 aromatic rings. The Kier molecular flexibility index (Phi) is 5.93. The highest BCUT2D eigenvalue weighted by Crippen LogP contribution is 2.30. The number of carbonyl (C=O) groups is 1. The van der Waals surface area contributed by atoms with Crippen LogP contribution in [0.5, 0.6) is 5.75 Å². The molecule has 9 heteroatoms. The molecule has 3 aromatic carbocycles. The van der Waals surface area contributed by atoms with Gasteiger partial charge in [-0.05, 0) is 35.7 Å². The second-order valence-electron chi connectivity index (χ2n) is 7.01. The first-order valence-corrected chi connectivity index (χ1v) is 11.4. The van der Waals surface area contributed by atoms with E-state index in [1.807, 2.05) is 42.5 Å². The summed E-state index contributed by atoms with van der Waals surface area (Å²) in [5.41, 5.74) is 1.90. The molecule has 0 aliphatic rings. The number of rotatable bonds is 7. The summed E-state index contributed by atoms with van der Waals surface area (Å²) in [6.07, 6.45) is 0. The van der Waals surface area contributed by atoms with Crippen molar-refractivity contribution in [1.82, 2.24) is 14.9 Å². The van der Waals surface area contributed by atoms with Gasteiger partial charge in [-0.3, -0.25) is 9.89 Å². The van der Waals surface area contributed by atoms with Crippen molar-refractivity contribution in [3.63, 3.8) is 0 Å². The predicted molar refractivity (Wildman–Crippen MR) is 123 cm³/mol. The van der Waals surface area contributed by atoms with E-state index in [4.69, 9.17) is 4.74 Å². The summed E-state index contributed by atoms with van der Waals surface area (Å²) in [5, 5.41) is 11.8. The molecule has 0 aliphatic carbocycles. The van der Waals surface area contributed by atoms with Gasteiger partial charge in [0, 0.05) is 23.2 Å². The lowest BCUT2D eigenvalue weighted by Gasteiger charge is -2.11. The Morgan fingerprint density at radius 3 is 2.62 bits per heavy atom. The van der Waals surface area contributed by atoms with Gasteiger partial charge in [0.1, 0.15) is 16.3 Å². The number of carbonyl (C=O) groups excluding carboxylic acids is 1. The number of hydrogen-bond donors (Lipinski definition) is 3. The molecular weight excluding hydrogens is 428 g/mol. The number of aromatic amines is 1. The first-order chi connectivity index (χ1) is 15.4. The van der Waals surface area contributed by atoms with Crippen LogP contribution in [0, 0.1) is 0 Å². The van der Waals surface area contributed by atoms with Crippen molar-refractivity contribution in [2.24, 2.45) is 0 Å². The number of H-pyrrole nitrogens is 1. The Hall–Kier alpha value is -3.69. The van der Waals surface area contributed by atoms with Crippen LogP contribution in [0.3, 0.4) is 0 Å². The molecule has 0 unspecified atom stereocenters. The summed E-state index contributed by atoms with van der Waals surface area (Å²) >= 11 is 0. The van der Waals surface area contributed by atoms with Crippen LogP contribution in [0.4, 0.5) is 5.69 Å². The molecule has 1 amide bonds. The maximum Gasteiger partial charge on any atom is 0.273 e. The van der Waals surface area contributed by atoms with Crippen molar-refractivity contribution in [3.05, 3.63) is 72.4 Å². The molecule has 32 heavy (non-hydrogen) atoms. The molecule has 1 heterocycles. The fraction of sp³-hybridized carbons (Fsp3) is 0.130. The summed E-state index contributed by atoms with van der Waals surface area (Å²) in [5.74, 6) is -0.131. The standard InChI is InChI=1S/C23H22N4O4S/c1-3-24-32(29,30)22-13-16(11-12-21(22)31-2)19-14-20(27-26-19)23(28)25-18-10-6-8-15-7-4-5-9-17(15)18/h4-14,24H,3H2,1-2H3,(H,25,28)(H,26,27). The summed E-state index contributed by atoms with van der Waals surface area (Å²) in [6.45, 7) is 1.94. The average Bonchev–Trinajstić information content (AvgIpc) is 3.29. The van der Waals surface area contributed by atoms with Crippen molar-refractivity contribution in [2.45, 2.75) is 11.8 Å². The predicted octanol–water partition coefficient (Wildman–Crippen LogP) is 3.79. The van der Waals surface area contributed by atoms with E-state index < -0.39 is 10.0 Å². The second kappa shape index (κ2) is 8.81. The zero-order valence-corrected chi connectivity index (χ0v) is 18.4. The topological polar surface area (TPSA) is 113 Å². The number of nitrogens with one attached hydrogen (secondary N) is 3. The minimum Gasteiger partial charge on any atom is -0.495 e. The Labute approximate surface area is 185 Å². The number of sulfonamides is 1. The average molecular weight is 451 g/mol. The van der Waals surface area contributed by atoms with Crippen LogP contribution in [0.2, 0.25) is 0 Å².